The second-order valence-corrected chi connectivity index (χ2v) is 4.44. The third kappa shape index (κ3) is 4.48. The minimum absolute atomic E-state index is 0.0256. The van der Waals surface area contributed by atoms with E-state index in [1.807, 2.05) is 26.0 Å². The molecule has 1 atom stereocenters. The van der Waals surface area contributed by atoms with Crippen LogP contribution >= 0.6 is 12.2 Å². The highest BCUT2D eigenvalue weighted by Gasteiger charge is 2.13. The molecule has 1 aromatic heterocycles. The summed E-state index contributed by atoms with van der Waals surface area (Å²) in [7, 11) is 0. The van der Waals surface area contributed by atoms with Gasteiger partial charge < -0.3 is 11.1 Å². The first-order valence-electron chi connectivity index (χ1n) is 5.55. The predicted octanol–water partition coefficient (Wildman–Crippen LogP) is 1.57. The van der Waals surface area contributed by atoms with Crippen molar-refractivity contribution in [2.24, 2.45) is 5.73 Å². The lowest BCUT2D eigenvalue weighted by Crippen LogP contribution is -2.37. The lowest BCUT2D eigenvalue weighted by Gasteiger charge is -2.15. The van der Waals surface area contributed by atoms with Gasteiger partial charge in [-0.3, -0.25) is 4.79 Å². The fraction of sp³-hybridized carbons (Fsp3) is 0.417. The van der Waals surface area contributed by atoms with Gasteiger partial charge in [-0.05, 0) is 25.5 Å². The number of aromatic nitrogens is 1. The molecule has 92 valence electrons. The van der Waals surface area contributed by atoms with E-state index in [4.69, 9.17) is 18.0 Å². The van der Waals surface area contributed by atoms with Crippen molar-refractivity contribution in [1.29, 1.82) is 0 Å². The summed E-state index contributed by atoms with van der Waals surface area (Å²) in [4.78, 5) is 16.5. The molecule has 1 rings (SSSR count). The molecule has 0 saturated carbocycles. The average molecular weight is 251 g/mol. The number of hydrogen-bond donors (Lipinski definition) is 2. The summed E-state index contributed by atoms with van der Waals surface area (Å²) in [5.74, 6) is -0.184. The number of rotatable bonds is 5. The Kier molecular flexibility index (Phi) is 5.03. The summed E-state index contributed by atoms with van der Waals surface area (Å²) < 4.78 is 0. The number of aryl methyl sites for hydroxylation is 1. The fourth-order valence-corrected chi connectivity index (χ4v) is 1.67. The molecule has 0 fully saturated rings. The van der Waals surface area contributed by atoms with Gasteiger partial charge in [-0.15, -0.1) is 0 Å². The van der Waals surface area contributed by atoms with Gasteiger partial charge in [0, 0.05) is 18.2 Å². The van der Waals surface area contributed by atoms with Gasteiger partial charge in [-0.2, -0.15) is 0 Å². The molecule has 0 aromatic carbocycles. The van der Waals surface area contributed by atoms with E-state index in [0.717, 1.165) is 12.1 Å². The molecule has 0 bridgehead atoms. The maximum absolute atomic E-state index is 11.9. The van der Waals surface area contributed by atoms with Crippen LogP contribution in [0.25, 0.3) is 0 Å². The van der Waals surface area contributed by atoms with Crippen LogP contribution in [0.5, 0.6) is 0 Å². The Hall–Kier alpha value is -1.49. The monoisotopic (exact) mass is 251 g/mol. The zero-order valence-corrected chi connectivity index (χ0v) is 10.9. The molecule has 4 nitrogen and oxygen atoms in total. The third-order valence-electron chi connectivity index (χ3n) is 2.40. The van der Waals surface area contributed by atoms with Gasteiger partial charge in [0.2, 0.25) is 0 Å². The highest BCUT2D eigenvalue weighted by Crippen LogP contribution is 2.02. The Balaban J connectivity index is 2.67. The summed E-state index contributed by atoms with van der Waals surface area (Å²) in [6.07, 6.45) is 1.30. The molecule has 0 radical (unpaired) electrons. The van der Waals surface area contributed by atoms with E-state index in [2.05, 4.69) is 10.3 Å². The second-order valence-electron chi connectivity index (χ2n) is 3.91. The summed E-state index contributed by atoms with van der Waals surface area (Å²) in [6, 6.07) is 5.33. The number of nitrogens with one attached hydrogen (secondary N) is 1. The van der Waals surface area contributed by atoms with Gasteiger partial charge in [-0.1, -0.05) is 25.2 Å². The first kappa shape index (κ1) is 13.6. The molecule has 1 unspecified atom stereocenters. The van der Waals surface area contributed by atoms with Crippen LogP contribution in [0.3, 0.4) is 0 Å². The minimum Gasteiger partial charge on any atom is -0.393 e. The van der Waals surface area contributed by atoms with Gasteiger partial charge in [-0.25, -0.2) is 4.98 Å². The average Bonchev–Trinajstić information content (AvgIpc) is 2.27. The number of hydrogen-bond acceptors (Lipinski definition) is 3. The maximum atomic E-state index is 11.9. The van der Waals surface area contributed by atoms with E-state index in [-0.39, 0.29) is 11.9 Å². The molecule has 0 saturated heterocycles. The second kappa shape index (κ2) is 6.30. The Morgan fingerprint density at radius 2 is 2.29 bits per heavy atom. The Bertz CT molecular complexity index is 420. The van der Waals surface area contributed by atoms with Gasteiger partial charge in [0.1, 0.15) is 5.69 Å². The van der Waals surface area contributed by atoms with E-state index >= 15 is 0 Å². The standard InChI is InChI=1S/C12H17N3OS/c1-3-9(7-11(13)17)15-12(16)10-6-4-5-8(2)14-10/h4-6,9H,3,7H2,1-2H3,(H2,13,17)(H,15,16). The first-order chi connectivity index (χ1) is 8.02. The molecule has 1 amide bonds. The number of pyridine rings is 1. The predicted molar refractivity (Wildman–Crippen MR) is 71.9 cm³/mol. The number of nitrogens with two attached hydrogens (primary N) is 1. The van der Waals surface area contributed by atoms with Crippen molar-refractivity contribution in [3.63, 3.8) is 0 Å². The molecule has 1 aromatic rings. The summed E-state index contributed by atoms with van der Waals surface area (Å²) in [5.41, 5.74) is 6.71. The summed E-state index contributed by atoms with van der Waals surface area (Å²) in [5, 5.41) is 2.87. The zero-order chi connectivity index (χ0) is 12.8. The summed E-state index contributed by atoms with van der Waals surface area (Å²) >= 11 is 4.84. The fourth-order valence-electron chi connectivity index (χ4n) is 1.47. The van der Waals surface area contributed by atoms with Crippen molar-refractivity contribution >= 4 is 23.1 Å². The highest BCUT2D eigenvalue weighted by molar-refractivity contribution is 7.80. The zero-order valence-electron chi connectivity index (χ0n) is 10.1. The van der Waals surface area contributed by atoms with Gasteiger partial charge >= 0.3 is 0 Å². The third-order valence-corrected chi connectivity index (χ3v) is 2.56. The van der Waals surface area contributed by atoms with E-state index in [9.17, 15) is 4.79 Å². The molecule has 17 heavy (non-hydrogen) atoms. The van der Waals surface area contributed by atoms with Crippen LogP contribution < -0.4 is 11.1 Å². The van der Waals surface area contributed by atoms with E-state index < -0.39 is 0 Å². The van der Waals surface area contributed by atoms with E-state index in [1.165, 1.54) is 0 Å². The topological polar surface area (TPSA) is 68.0 Å². The van der Waals surface area contributed by atoms with E-state index in [0.29, 0.717) is 17.1 Å². The summed E-state index contributed by atoms with van der Waals surface area (Å²) in [6.45, 7) is 3.83. The smallest absolute Gasteiger partial charge is 0.270 e. The van der Waals surface area contributed by atoms with Gasteiger partial charge in [0.15, 0.2) is 0 Å². The number of nitrogens with zero attached hydrogens (tertiary/aromatic N) is 1. The van der Waals surface area contributed by atoms with Crippen molar-refractivity contribution in [2.75, 3.05) is 0 Å². The molecular weight excluding hydrogens is 234 g/mol. The number of amides is 1. The quantitative estimate of drug-likeness (QED) is 0.780. The lowest BCUT2D eigenvalue weighted by atomic mass is 10.1. The Labute approximate surface area is 107 Å². The van der Waals surface area contributed by atoms with Crippen LogP contribution in [-0.4, -0.2) is 21.9 Å². The number of thiocarbonyl (C=S) groups is 1. The van der Waals surface area contributed by atoms with Crippen molar-refractivity contribution in [1.82, 2.24) is 10.3 Å². The molecule has 0 aliphatic rings. The van der Waals surface area contributed by atoms with Gasteiger partial charge in [0.05, 0.1) is 4.99 Å². The number of carbonyl (C=O) groups is 1. The SMILES string of the molecule is CCC(CC(N)=S)NC(=O)c1cccc(C)n1. The minimum atomic E-state index is -0.184. The molecule has 5 heteroatoms. The Morgan fingerprint density at radius 1 is 1.59 bits per heavy atom. The van der Waals surface area contributed by atoms with Crippen molar-refractivity contribution in [3.8, 4) is 0 Å². The maximum Gasteiger partial charge on any atom is 0.270 e. The first-order valence-corrected chi connectivity index (χ1v) is 5.96. The van der Waals surface area contributed by atoms with Gasteiger partial charge in [0.25, 0.3) is 5.91 Å². The van der Waals surface area contributed by atoms with Crippen LogP contribution in [-0.2, 0) is 0 Å². The highest BCUT2D eigenvalue weighted by atomic mass is 32.1. The van der Waals surface area contributed by atoms with E-state index in [1.54, 1.807) is 6.07 Å². The molecule has 0 spiro atoms. The van der Waals surface area contributed by atoms with Crippen molar-refractivity contribution in [2.45, 2.75) is 32.7 Å². The van der Waals surface area contributed by atoms with Crippen LogP contribution in [0.2, 0.25) is 0 Å². The molecule has 3 N–H and O–H groups in total. The lowest BCUT2D eigenvalue weighted by molar-refractivity contribution is 0.0932. The van der Waals surface area contributed by atoms with Crippen molar-refractivity contribution in [3.05, 3.63) is 29.6 Å². The normalized spacial score (nSPS) is 11.9. The van der Waals surface area contributed by atoms with Crippen LogP contribution in [0.4, 0.5) is 0 Å². The van der Waals surface area contributed by atoms with Crippen LogP contribution in [0, 0.1) is 6.92 Å². The largest absolute Gasteiger partial charge is 0.393 e. The molecule has 0 aliphatic carbocycles. The Morgan fingerprint density at radius 3 is 2.82 bits per heavy atom. The molecule has 1 heterocycles. The van der Waals surface area contributed by atoms with Crippen LogP contribution in [0.1, 0.15) is 35.9 Å². The van der Waals surface area contributed by atoms with Crippen LogP contribution in [0.15, 0.2) is 18.2 Å². The van der Waals surface area contributed by atoms with Crippen molar-refractivity contribution < 1.29 is 4.79 Å². The molecular formula is C12H17N3OS. The number of carbonyl (C=O) groups excluding carboxylic acids is 1. The molecule has 0 aliphatic heterocycles.